The van der Waals surface area contributed by atoms with Crippen LogP contribution in [0, 0.1) is 0 Å². The minimum Gasteiger partial charge on any atom is -0.497 e. The Bertz CT molecular complexity index is 4370. The monoisotopic (exact) mass is 1160 g/mol. The van der Waals surface area contributed by atoms with Gasteiger partial charge in [0, 0.05) is 89.8 Å². The highest BCUT2D eigenvalue weighted by Crippen LogP contribution is 2.34. The van der Waals surface area contributed by atoms with E-state index in [1.54, 1.807) is 92.3 Å². The van der Waals surface area contributed by atoms with Gasteiger partial charge in [-0.2, -0.15) is 0 Å². The van der Waals surface area contributed by atoms with Crippen molar-refractivity contribution < 1.29 is 38.8 Å². The van der Waals surface area contributed by atoms with E-state index in [2.05, 4.69) is 40.9 Å². The molecule has 0 bridgehead atoms. The highest BCUT2D eigenvalue weighted by molar-refractivity contribution is 5.85. The summed E-state index contributed by atoms with van der Waals surface area (Å²) < 4.78 is 41.1. The molecule has 0 amide bonds. The van der Waals surface area contributed by atoms with Gasteiger partial charge in [-0.1, -0.05) is 36.4 Å². The number of nitrogens with one attached hydrogen (secondary N) is 5. The highest BCUT2D eigenvalue weighted by atomic mass is 16.5. The second-order valence-corrected chi connectivity index (χ2v) is 19.2. The summed E-state index contributed by atoms with van der Waals surface area (Å²) in [5, 5.41) is 19.6. The van der Waals surface area contributed by atoms with Gasteiger partial charge in [0.15, 0.2) is 11.6 Å². The van der Waals surface area contributed by atoms with Gasteiger partial charge in [-0.15, -0.1) is 0 Å². The number of imidazole rings is 3. The fraction of sp³-hybridized carbons (Fsp3) is 0.186. The van der Waals surface area contributed by atoms with Crippen molar-refractivity contribution in [2.24, 2.45) is 21.1 Å². The number of aromatic amines is 3. The molecular weight excluding hydrogens is 1090 g/mol. The lowest BCUT2D eigenvalue weighted by atomic mass is 10.2. The van der Waals surface area contributed by atoms with Gasteiger partial charge in [0.2, 0.25) is 0 Å². The molecule has 0 fully saturated rings. The Hall–Kier alpha value is -11.1. The van der Waals surface area contributed by atoms with Crippen molar-refractivity contribution in [2.75, 3.05) is 72.6 Å². The number of rotatable bonds is 15. The lowest BCUT2D eigenvalue weighted by molar-refractivity contribution is 0.379. The van der Waals surface area contributed by atoms with Gasteiger partial charge in [0.05, 0.1) is 92.8 Å². The zero-order chi connectivity index (χ0) is 60.4. The number of fused-ring (bicyclic) bond motifs is 3. The number of H-pyrrole nitrogens is 3. The van der Waals surface area contributed by atoms with Gasteiger partial charge in [-0.05, 0) is 36.4 Å². The van der Waals surface area contributed by atoms with E-state index in [4.69, 9.17) is 28.4 Å². The summed E-state index contributed by atoms with van der Waals surface area (Å²) in [7, 11) is 18.2. The van der Waals surface area contributed by atoms with Crippen molar-refractivity contribution in [3.05, 3.63) is 158 Å². The number of anilines is 3. The lowest BCUT2D eigenvalue weighted by Crippen LogP contribution is -2.21. The summed E-state index contributed by atoms with van der Waals surface area (Å²) in [6.45, 7) is 0. The molecule has 6 aromatic heterocycles. The third-order valence-corrected chi connectivity index (χ3v) is 14.0. The summed E-state index contributed by atoms with van der Waals surface area (Å²) in [5.74, 6) is 5.70. The molecule has 0 saturated heterocycles. The summed E-state index contributed by atoms with van der Waals surface area (Å²) >= 11 is 0. The molecule has 7 N–H and O–H groups in total. The molecule has 26 nitrogen and oxygen atoms in total. The molecular formula is C59H61N15O11. The predicted molar refractivity (Wildman–Crippen MR) is 323 cm³/mol. The number of methoxy groups -OCH3 is 6. The van der Waals surface area contributed by atoms with Gasteiger partial charge in [0.1, 0.15) is 74.5 Å². The number of hydrogen-bond acceptors (Lipinski definition) is 17. The third-order valence-electron chi connectivity index (χ3n) is 14.0. The van der Waals surface area contributed by atoms with Crippen LogP contribution in [-0.2, 0) is 21.1 Å². The molecule has 85 heavy (non-hydrogen) atoms. The maximum Gasteiger partial charge on any atom is 0.284 e. The fourth-order valence-corrected chi connectivity index (χ4v) is 10.0. The third kappa shape index (κ3) is 10.6. The van der Waals surface area contributed by atoms with Crippen LogP contribution in [-0.4, -0.2) is 125 Å². The van der Waals surface area contributed by atoms with E-state index in [1.807, 2.05) is 98.8 Å². The molecule has 12 aromatic rings. The van der Waals surface area contributed by atoms with E-state index >= 15 is 0 Å². The highest BCUT2D eigenvalue weighted by Gasteiger charge is 2.28. The van der Waals surface area contributed by atoms with E-state index in [0.717, 1.165) is 38.9 Å². The first-order chi connectivity index (χ1) is 41.1. The largest absolute Gasteiger partial charge is 0.497 e. The zero-order valence-corrected chi connectivity index (χ0v) is 48.2. The smallest absolute Gasteiger partial charge is 0.284 e. The normalized spacial score (nSPS) is 11.0. The number of ether oxygens (including phenoxy) is 6. The Labute approximate surface area is 483 Å². The number of para-hydroxylation sites is 6. The van der Waals surface area contributed by atoms with E-state index in [-0.39, 0.29) is 39.4 Å². The minimum atomic E-state index is -0.367. The molecule has 12 rings (SSSR count). The molecule has 0 unspecified atom stereocenters. The SMILES string of the molecule is COc1cc(OC)cc(-n2c(=O)c(-c3nc4ccccc4[nH]3)c(N(C)C)n2C)c1.COc1cc(OC)cc(-n2c(=O)c(-c3nc4ccccc4[nH]3)c(NO)n2C)c1.COc1cc(OC)cc(-n2c(NO)c(-c3nc4ccccc4[nH]3)c(=O)n2C)c1. The number of hydrogen-bond donors (Lipinski definition) is 7. The molecule has 0 aliphatic carbocycles. The van der Waals surface area contributed by atoms with Crippen molar-refractivity contribution in [3.8, 4) is 85.7 Å². The van der Waals surface area contributed by atoms with Gasteiger partial charge in [-0.3, -0.25) is 45.1 Å². The van der Waals surface area contributed by atoms with Crippen LogP contribution >= 0.6 is 0 Å². The molecule has 0 radical (unpaired) electrons. The number of aromatic nitrogens is 12. The Balaban J connectivity index is 0.000000142. The summed E-state index contributed by atoms with van der Waals surface area (Å²) in [4.78, 5) is 64.9. The topological polar surface area (TPSA) is 290 Å². The molecule has 438 valence electrons. The quantitative estimate of drug-likeness (QED) is 0.0480. The van der Waals surface area contributed by atoms with Crippen molar-refractivity contribution in [1.82, 2.24) is 58.0 Å². The van der Waals surface area contributed by atoms with Crippen molar-refractivity contribution in [2.45, 2.75) is 0 Å². The molecule has 26 heteroatoms. The Morgan fingerprint density at radius 3 is 1.07 bits per heavy atom. The first-order valence-electron chi connectivity index (χ1n) is 26.1. The molecule has 0 aliphatic heterocycles. The van der Waals surface area contributed by atoms with Crippen LogP contribution in [0.2, 0.25) is 0 Å². The van der Waals surface area contributed by atoms with E-state index in [0.29, 0.717) is 74.6 Å². The minimum absolute atomic E-state index is 0.168. The molecule has 0 aliphatic rings. The van der Waals surface area contributed by atoms with Gasteiger partial charge in [0.25, 0.3) is 16.7 Å². The van der Waals surface area contributed by atoms with Crippen LogP contribution in [0.15, 0.2) is 142 Å². The fourth-order valence-electron chi connectivity index (χ4n) is 10.0. The maximum absolute atomic E-state index is 13.6. The van der Waals surface area contributed by atoms with Crippen LogP contribution in [0.25, 0.3) is 84.3 Å². The Morgan fingerprint density at radius 1 is 0.412 bits per heavy atom. The Kier molecular flexibility index (Phi) is 16.0. The van der Waals surface area contributed by atoms with Gasteiger partial charge in [-0.25, -0.2) is 33.7 Å². The van der Waals surface area contributed by atoms with E-state index < -0.39 is 0 Å². The number of nitrogens with zero attached hydrogens (tertiary/aromatic N) is 10. The van der Waals surface area contributed by atoms with Crippen LogP contribution in [0.3, 0.4) is 0 Å². The van der Waals surface area contributed by atoms with Crippen molar-refractivity contribution in [1.29, 1.82) is 0 Å². The van der Waals surface area contributed by atoms with Crippen LogP contribution in [0.1, 0.15) is 0 Å². The van der Waals surface area contributed by atoms with Crippen molar-refractivity contribution in [3.63, 3.8) is 0 Å². The van der Waals surface area contributed by atoms with E-state index in [9.17, 15) is 24.8 Å². The summed E-state index contributed by atoms with van der Waals surface area (Å²) in [6.07, 6.45) is 0. The zero-order valence-electron chi connectivity index (χ0n) is 48.2. The van der Waals surface area contributed by atoms with Gasteiger partial charge >= 0.3 is 0 Å². The molecule has 0 saturated carbocycles. The second-order valence-electron chi connectivity index (χ2n) is 19.2. The molecule has 0 atom stereocenters. The average molecular weight is 1160 g/mol. The van der Waals surface area contributed by atoms with Crippen molar-refractivity contribution >= 4 is 50.6 Å². The predicted octanol–water partition coefficient (Wildman–Crippen LogP) is 7.88. The van der Waals surface area contributed by atoms with Gasteiger partial charge < -0.3 is 48.3 Å². The second kappa shape index (κ2) is 23.8. The van der Waals surface area contributed by atoms with Crippen LogP contribution in [0.4, 0.5) is 17.5 Å². The number of benzene rings is 6. The Morgan fingerprint density at radius 2 is 0.729 bits per heavy atom. The first-order valence-corrected chi connectivity index (χ1v) is 26.1. The van der Waals surface area contributed by atoms with E-state index in [1.165, 1.54) is 47.2 Å². The average Bonchev–Trinajstić information content (AvgIpc) is 2.08. The lowest BCUT2D eigenvalue weighted by Gasteiger charge is -2.17. The summed E-state index contributed by atoms with van der Waals surface area (Å²) in [6, 6.07) is 38.3. The first kappa shape index (κ1) is 57.1. The molecule has 6 heterocycles. The van der Waals surface area contributed by atoms with Crippen LogP contribution < -0.4 is 61.0 Å². The molecule has 6 aromatic carbocycles. The standard InChI is InChI=1S/C21H23N5O3.2C19H19N5O4/c1-24(2)20-18(19-22-16-8-6-7-9-17(16)23-19)21(27)26(25(20)3)13-10-14(28-4)12-15(11-13)29-5;1-23-19(25)16(17-20-14-6-4-5-7-15(14)21-17)18(22-26)24(23)11-8-12(27-2)10-13(9-11)28-3;1-23-18(22-26)16(17-20-14-6-4-5-7-15(14)21-17)19(25)24(23)11-8-12(27-2)10-13(9-11)28-3/h6-12H,1-5H3,(H,22,23);2*4-10,22,26H,1-3H3,(H,20,21). The van der Waals surface area contributed by atoms with Crippen LogP contribution in [0.5, 0.6) is 34.5 Å². The summed E-state index contributed by atoms with van der Waals surface area (Å²) in [5.41, 5.74) is 10.7. The molecule has 0 spiro atoms. The maximum atomic E-state index is 13.6.